The van der Waals surface area contributed by atoms with Crippen molar-refractivity contribution in [1.82, 2.24) is 4.90 Å². The number of hydrogen-bond donors (Lipinski definition) is 0. The fraction of sp³-hybridized carbons (Fsp3) is 0.536. The van der Waals surface area contributed by atoms with Gasteiger partial charge in [-0.05, 0) is 29.3 Å². The maximum absolute atomic E-state index is 13.3. The molecule has 2 aliphatic rings. The van der Waals surface area contributed by atoms with Crippen LogP contribution in [0.15, 0.2) is 60.7 Å². The fourth-order valence-corrected chi connectivity index (χ4v) is 5.32. The highest BCUT2D eigenvalue weighted by Crippen LogP contribution is 2.43. The largest absolute Gasteiger partial charge is 0.444 e. The lowest BCUT2D eigenvalue weighted by molar-refractivity contribution is 0.00221. The summed E-state index contributed by atoms with van der Waals surface area (Å²) in [7, 11) is -1.84. The van der Waals surface area contributed by atoms with Crippen LogP contribution >= 0.6 is 0 Å². The van der Waals surface area contributed by atoms with Crippen molar-refractivity contribution in [3.63, 3.8) is 0 Å². The van der Waals surface area contributed by atoms with Crippen LogP contribution in [0.2, 0.25) is 18.1 Å². The minimum atomic E-state index is -1.84. The number of nitrogens with zero attached hydrogens (tertiary/aromatic N) is 1. The van der Waals surface area contributed by atoms with Crippen molar-refractivity contribution in [2.75, 3.05) is 13.2 Å². The van der Waals surface area contributed by atoms with Gasteiger partial charge in [0.05, 0.1) is 18.8 Å². The SMILES string of the molecule is C[C@H](CO[Si](C)(C)C(C)(C)C)[C@@H]1O[C@@H]1[C@H]1OC[C@@H](c2ccccc2)N1C(=O)OCc1ccccc1. The Morgan fingerprint density at radius 1 is 1.09 bits per heavy atom. The van der Waals surface area contributed by atoms with Gasteiger partial charge in [0.2, 0.25) is 0 Å². The molecule has 0 aliphatic carbocycles. The molecule has 2 aromatic rings. The van der Waals surface area contributed by atoms with Crippen molar-refractivity contribution < 1.29 is 23.4 Å². The van der Waals surface area contributed by atoms with E-state index < -0.39 is 14.5 Å². The maximum atomic E-state index is 13.3. The van der Waals surface area contributed by atoms with Crippen LogP contribution in [0.4, 0.5) is 4.79 Å². The van der Waals surface area contributed by atoms with E-state index in [9.17, 15) is 4.79 Å². The normalized spacial score (nSPS) is 25.4. The number of carbonyl (C=O) groups excluding carboxylic acids is 1. The topological polar surface area (TPSA) is 60.5 Å². The molecular formula is C28H39NO5Si. The van der Waals surface area contributed by atoms with E-state index in [0.29, 0.717) is 13.2 Å². The van der Waals surface area contributed by atoms with Crippen molar-refractivity contribution >= 4 is 14.4 Å². The molecular weight excluding hydrogens is 458 g/mol. The van der Waals surface area contributed by atoms with Gasteiger partial charge in [-0.15, -0.1) is 0 Å². The van der Waals surface area contributed by atoms with Crippen LogP contribution in [-0.2, 0) is 25.2 Å². The molecule has 1 amide bonds. The van der Waals surface area contributed by atoms with E-state index in [1.54, 1.807) is 4.90 Å². The van der Waals surface area contributed by atoms with Crippen LogP contribution in [-0.4, -0.2) is 51.0 Å². The highest BCUT2D eigenvalue weighted by Gasteiger charge is 2.56. The summed E-state index contributed by atoms with van der Waals surface area (Å²) in [5, 5.41) is 0.160. The van der Waals surface area contributed by atoms with Gasteiger partial charge in [-0.25, -0.2) is 4.79 Å². The highest BCUT2D eigenvalue weighted by atomic mass is 28.4. The first-order chi connectivity index (χ1) is 16.6. The van der Waals surface area contributed by atoms with Crippen LogP contribution in [0.25, 0.3) is 0 Å². The third-order valence-corrected chi connectivity index (χ3v) is 12.1. The quantitative estimate of drug-likeness (QED) is 0.323. The number of epoxide rings is 1. The molecule has 0 saturated carbocycles. The van der Waals surface area contributed by atoms with Gasteiger partial charge in [0, 0.05) is 12.5 Å². The van der Waals surface area contributed by atoms with E-state index in [0.717, 1.165) is 11.1 Å². The summed E-state index contributed by atoms with van der Waals surface area (Å²) < 4.78 is 24.4. The van der Waals surface area contributed by atoms with E-state index in [2.05, 4.69) is 40.8 Å². The Labute approximate surface area is 210 Å². The van der Waals surface area contributed by atoms with Crippen molar-refractivity contribution in [3.05, 3.63) is 71.8 Å². The van der Waals surface area contributed by atoms with Crippen LogP contribution in [0.1, 0.15) is 44.9 Å². The summed E-state index contributed by atoms with van der Waals surface area (Å²) in [5.74, 6) is 0.204. The van der Waals surface area contributed by atoms with E-state index in [1.807, 2.05) is 60.7 Å². The lowest BCUT2D eigenvalue weighted by atomic mass is 10.0. The smallest absolute Gasteiger partial charge is 0.412 e. The molecule has 190 valence electrons. The predicted molar refractivity (Wildman–Crippen MR) is 138 cm³/mol. The Hall–Kier alpha value is -2.19. The summed E-state index contributed by atoms with van der Waals surface area (Å²) in [5.41, 5.74) is 1.98. The Balaban J connectivity index is 1.43. The van der Waals surface area contributed by atoms with Gasteiger partial charge in [0.1, 0.15) is 12.7 Å². The van der Waals surface area contributed by atoms with Crippen LogP contribution in [0.3, 0.4) is 0 Å². The molecule has 2 saturated heterocycles. The summed E-state index contributed by atoms with van der Waals surface area (Å²) in [6.07, 6.45) is -1.07. The van der Waals surface area contributed by atoms with Crippen molar-refractivity contribution in [2.45, 2.75) is 76.9 Å². The minimum Gasteiger partial charge on any atom is -0.444 e. The fourth-order valence-electron chi connectivity index (χ4n) is 4.21. The first-order valence-corrected chi connectivity index (χ1v) is 15.4. The molecule has 2 aromatic carbocycles. The monoisotopic (exact) mass is 497 g/mol. The Morgan fingerprint density at radius 3 is 2.34 bits per heavy atom. The van der Waals surface area contributed by atoms with Gasteiger partial charge in [0.25, 0.3) is 0 Å². The van der Waals surface area contributed by atoms with Gasteiger partial charge >= 0.3 is 6.09 Å². The van der Waals surface area contributed by atoms with E-state index in [4.69, 9.17) is 18.6 Å². The molecule has 0 radical (unpaired) electrons. The molecule has 2 heterocycles. The molecule has 5 atom stereocenters. The Bertz CT molecular complexity index is 978. The van der Waals surface area contributed by atoms with Crippen LogP contribution in [0.5, 0.6) is 0 Å². The number of benzene rings is 2. The second-order valence-electron chi connectivity index (χ2n) is 11.2. The number of ether oxygens (including phenoxy) is 3. The number of amides is 1. The summed E-state index contributed by atoms with van der Waals surface area (Å²) >= 11 is 0. The average Bonchev–Trinajstić information content (AvgIpc) is 3.51. The molecule has 0 aromatic heterocycles. The first kappa shape index (κ1) is 25.9. The zero-order valence-corrected chi connectivity index (χ0v) is 22.8. The first-order valence-electron chi connectivity index (χ1n) is 12.5. The van der Waals surface area contributed by atoms with Gasteiger partial charge in [0.15, 0.2) is 14.5 Å². The molecule has 0 bridgehead atoms. The Morgan fingerprint density at radius 2 is 1.71 bits per heavy atom. The molecule has 4 rings (SSSR count). The number of hydrogen-bond acceptors (Lipinski definition) is 5. The molecule has 2 aliphatic heterocycles. The van der Waals surface area contributed by atoms with Crippen molar-refractivity contribution in [3.8, 4) is 0 Å². The summed E-state index contributed by atoms with van der Waals surface area (Å²) in [4.78, 5) is 15.1. The van der Waals surface area contributed by atoms with Crippen LogP contribution in [0, 0.1) is 5.92 Å². The van der Waals surface area contributed by atoms with Crippen molar-refractivity contribution in [2.24, 2.45) is 5.92 Å². The third-order valence-electron chi connectivity index (χ3n) is 7.55. The molecule has 7 heteroatoms. The molecule has 2 fully saturated rings. The number of carbonyl (C=O) groups is 1. The lowest BCUT2D eigenvalue weighted by Gasteiger charge is -2.37. The van der Waals surface area contributed by atoms with Gasteiger partial charge < -0.3 is 18.6 Å². The zero-order valence-electron chi connectivity index (χ0n) is 21.8. The lowest BCUT2D eigenvalue weighted by Crippen LogP contribution is -2.43. The third kappa shape index (κ3) is 5.97. The van der Waals surface area contributed by atoms with E-state index >= 15 is 0 Å². The van der Waals surface area contributed by atoms with Gasteiger partial charge in [-0.3, -0.25) is 4.90 Å². The predicted octanol–water partition coefficient (Wildman–Crippen LogP) is 6.15. The van der Waals surface area contributed by atoms with Gasteiger partial charge in [-0.2, -0.15) is 0 Å². The standard InChI is InChI=1S/C28H39NO5Si/c1-20(17-33-35(5,6)28(2,3)4)24-25(34-24)26-29(23(19-31-26)22-15-11-8-12-16-22)27(30)32-18-21-13-9-7-10-14-21/h7-16,20,23-26H,17-19H2,1-6H3/t20-,23+,24+,25+,26-/m1/s1. The minimum absolute atomic E-state index is 0.0104. The average molecular weight is 498 g/mol. The zero-order chi connectivity index (χ0) is 25.2. The van der Waals surface area contributed by atoms with Crippen LogP contribution < -0.4 is 0 Å². The maximum Gasteiger partial charge on any atom is 0.412 e. The van der Waals surface area contributed by atoms with E-state index in [-0.39, 0.29) is 41.9 Å². The highest BCUT2D eigenvalue weighted by molar-refractivity contribution is 6.74. The molecule has 0 N–H and O–H groups in total. The van der Waals surface area contributed by atoms with E-state index in [1.165, 1.54) is 0 Å². The molecule has 0 spiro atoms. The number of rotatable bonds is 8. The second kappa shape index (κ2) is 10.4. The molecule has 35 heavy (non-hydrogen) atoms. The summed E-state index contributed by atoms with van der Waals surface area (Å²) in [6.45, 7) is 14.7. The Kier molecular flexibility index (Phi) is 7.71. The second-order valence-corrected chi connectivity index (χ2v) is 16.0. The molecule has 6 nitrogen and oxygen atoms in total. The molecule has 0 unspecified atom stereocenters. The summed E-state index contributed by atoms with van der Waals surface area (Å²) in [6, 6.07) is 19.5. The van der Waals surface area contributed by atoms with Crippen molar-refractivity contribution in [1.29, 1.82) is 0 Å². The van der Waals surface area contributed by atoms with Gasteiger partial charge in [-0.1, -0.05) is 88.4 Å².